The molecule has 0 saturated heterocycles. The molecule has 0 saturated carbocycles. The lowest BCUT2D eigenvalue weighted by Gasteiger charge is -2.08. The van der Waals surface area contributed by atoms with E-state index in [1.807, 2.05) is 6.07 Å². The van der Waals surface area contributed by atoms with Crippen LogP contribution in [0, 0.1) is 5.82 Å². The molecule has 0 aliphatic heterocycles. The predicted molar refractivity (Wildman–Crippen MR) is 85.6 cm³/mol. The summed E-state index contributed by atoms with van der Waals surface area (Å²) in [5, 5.41) is 2.42. The molecule has 2 aromatic carbocycles. The molecule has 1 amide bonds. The minimum atomic E-state index is -0.681. The molecule has 2 aromatic rings. The van der Waals surface area contributed by atoms with E-state index in [4.69, 9.17) is 9.47 Å². The van der Waals surface area contributed by atoms with Crippen LogP contribution in [0.25, 0.3) is 0 Å². The SMILES string of the molecule is O=C(COC(=O)COc1cccc(Br)c1)Nc1cccc(F)c1. The Bertz CT molecular complexity index is 708. The summed E-state index contributed by atoms with van der Waals surface area (Å²) in [6.45, 7) is -0.791. The number of hydrogen-bond donors (Lipinski definition) is 1. The molecule has 0 aromatic heterocycles. The fraction of sp³-hybridized carbons (Fsp3) is 0.125. The maximum absolute atomic E-state index is 13.0. The number of halogens is 2. The van der Waals surface area contributed by atoms with Crippen LogP contribution in [0.1, 0.15) is 0 Å². The van der Waals surface area contributed by atoms with Gasteiger partial charge >= 0.3 is 5.97 Å². The first-order valence-electron chi connectivity index (χ1n) is 6.62. The van der Waals surface area contributed by atoms with Crippen molar-refractivity contribution in [1.29, 1.82) is 0 Å². The number of hydrogen-bond acceptors (Lipinski definition) is 4. The zero-order valence-electron chi connectivity index (χ0n) is 11.9. The summed E-state index contributed by atoms with van der Waals surface area (Å²) >= 11 is 3.28. The lowest BCUT2D eigenvalue weighted by Crippen LogP contribution is -2.23. The molecule has 0 spiro atoms. The summed E-state index contributed by atoms with van der Waals surface area (Å²) in [5.41, 5.74) is 0.288. The van der Waals surface area contributed by atoms with Crippen LogP contribution in [0.5, 0.6) is 5.75 Å². The highest BCUT2D eigenvalue weighted by atomic mass is 79.9. The molecule has 0 heterocycles. The van der Waals surface area contributed by atoms with E-state index in [9.17, 15) is 14.0 Å². The second-order valence-electron chi connectivity index (χ2n) is 4.47. The molecule has 0 aliphatic rings. The van der Waals surface area contributed by atoms with Crippen molar-refractivity contribution in [3.8, 4) is 5.75 Å². The highest BCUT2D eigenvalue weighted by Gasteiger charge is 2.09. The molecule has 0 aliphatic carbocycles. The Morgan fingerprint density at radius 2 is 1.87 bits per heavy atom. The summed E-state index contributed by atoms with van der Waals surface area (Å²) in [5.74, 6) is -1.21. The van der Waals surface area contributed by atoms with E-state index in [-0.39, 0.29) is 12.3 Å². The minimum absolute atomic E-state index is 0.288. The molecule has 120 valence electrons. The van der Waals surface area contributed by atoms with E-state index >= 15 is 0 Å². The van der Waals surface area contributed by atoms with Gasteiger partial charge in [0.05, 0.1) is 0 Å². The van der Waals surface area contributed by atoms with Crippen LogP contribution in [-0.2, 0) is 14.3 Å². The molecule has 0 unspecified atom stereocenters. The van der Waals surface area contributed by atoms with Crippen molar-refractivity contribution < 1.29 is 23.5 Å². The predicted octanol–water partition coefficient (Wildman–Crippen LogP) is 3.15. The summed E-state index contributed by atoms with van der Waals surface area (Å²) in [6.07, 6.45) is 0. The van der Waals surface area contributed by atoms with E-state index in [1.165, 1.54) is 18.2 Å². The Balaban J connectivity index is 1.72. The Morgan fingerprint density at radius 1 is 1.09 bits per heavy atom. The number of carbonyl (C=O) groups is 2. The minimum Gasteiger partial charge on any atom is -0.482 e. The van der Waals surface area contributed by atoms with E-state index in [0.29, 0.717) is 5.75 Å². The zero-order valence-corrected chi connectivity index (χ0v) is 13.5. The third-order valence-corrected chi connectivity index (χ3v) is 3.12. The van der Waals surface area contributed by atoms with E-state index < -0.39 is 24.3 Å². The second kappa shape index (κ2) is 8.28. The molecule has 2 rings (SSSR count). The van der Waals surface area contributed by atoms with Crippen molar-refractivity contribution in [3.63, 3.8) is 0 Å². The van der Waals surface area contributed by atoms with E-state index in [2.05, 4.69) is 21.2 Å². The molecule has 0 radical (unpaired) electrons. The van der Waals surface area contributed by atoms with Crippen molar-refractivity contribution in [3.05, 3.63) is 58.8 Å². The summed E-state index contributed by atoms with van der Waals surface area (Å²) in [4.78, 5) is 23.1. The Labute approximate surface area is 140 Å². The van der Waals surface area contributed by atoms with Crippen LogP contribution in [-0.4, -0.2) is 25.1 Å². The molecule has 0 fully saturated rings. The van der Waals surface area contributed by atoms with Crippen LogP contribution >= 0.6 is 15.9 Å². The van der Waals surface area contributed by atoms with Gasteiger partial charge in [0.25, 0.3) is 5.91 Å². The van der Waals surface area contributed by atoms with Crippen molar-refractivity contribution in [1.82, 2.24) is 0 Å². The number of anilines is 1. The number of ether oxygens (including phenoxy) is 2. The number of benzene rings is 2. The first-order chi connectivity index (χ1) is 11.0. The quantitative estimate of drug-likeness (QED) is 0.780. The van der Waals surface area contributed by atoms with Gasteiger partial charge in [0.1, 0.15) is 11.6 Å². The van der Waals surface area contributed by atoms with Crippen LogP contribution < -0.4 is 10.1 Å². The Hall–Kier alpha value is -2.41. The van der Waals surface area contributed by atoms with E-state index in [1.54, 1.807) is 18.2 Å². The zero-order chi connectivity index (χ0) is 16.7. The number of rotatable bonds is 6. The standard InChI is InChI=1S/C16H13BrFNO4/c17-11-3-1-6-14(7-11)22-10-16(21)23-9-15(20)19-13-5-2-4-12(18)8-13/h1-8H,9-10H2,(H,19,20). The smallest absolute Gasteiger partial charge is 0.344 e. The number of amides is 1. The fourth-order valence-corrected chi connectivity index (χ4v) is 2.03. The lowest BCUT2D eigenvalue weighted by atomic mass is 10.3. The summed E-state index contributed by atoms with van der Waals surface area (Å²) in [7, 11) is 0. The first-order valence-corrected chi connectivity index (χ1v) is 7.41. The van der Waals surface area contributed by atoms with Gasteiger partial charge in [-0.25, -0.2) is 9.18 Å². The number of esters is 1. The molecular weight excluding hydrogens is 369 g/mol. The van der Waals surface area contributed by atoms with Crippen molar-refractivity contribution in [2.45, 2.75) is 0 Å². The highest BCUT2D eigenvalue weighted by Crippen LogP contribution is 2.17. The highest BCUT2D eigenvalue weighted by molar-refractivity contribution is 9.10. The van der Waals surface area contributed by atoms with Gasteiger partial charge in [-0.05, 0) is 36.4 Å². The number of nitrogens with one attached hydrogen (secondary N) is 1. The summed E-state index contributed by atoms with van der Waals surface area (Å²) in [6, 6.07) is 12.4. The van der Waals surface area contributed by atoms with E-state index in [0.717, 1.165) is 10.5 Å². The number of carbonyl (C=O) groups excluding carboxylic acids is 2. The van der Waals surface area contributed by atoms with Crippen LogP contribution in [0.3, 0.4) is 0 Å². The van der Waals surface area contributed by atoms with Gasteiger partial charge in [-0.1, -0.05) is 28.1 Å². The second-order valence-corrected chi connectivity index (χ2v) is 5.38. The topological polar surface area (TPSA) is 64.6 Å². The molecular formula is C16H13BrFNO4. The van der Waals surface area contributed by atoms with Crippen molar-refractivity contribution in [2.24, 2.45) is 0 Å². The van der Waals surface area contributed by atoms with Gasteiger partial charge in [0.2, 0.25) is 0 Å². The molecule has 0 atom stereocenters. The summed E-state index contributed by atoms with van der Waals surface area (Å²) < 4.78 is 23.8. The molecule has 7 heteroatoms. The van der Waals surface area contributed by atoms with Gasteiger partial charge in [0.15, 0.2) is 13.2 Å². The van der Waals surface area contributed by atoms with Crippen molar-refractivity contribution in [2.75, 3.05) is 18.5 Å². The Morgan fingerprint density at radius 3 is 2.61 bits per heavy atom. The average molecular weight is 382 g/mol. The van der Waals surface area contributed by atoms with Gasteiger partial charge < -0.3 is 14.8 Å². The normalized spacial score (nSPS) is 10.0. The maximum atomic E-state index is 13.0. The average Bonchev–Trinajstić information content (AvgIpc) is 2.51. The Kier molecular flexibility index (Phi) is 6.10. The van der Waals surface area contributed by atoms with Gasteiger partial charge in [-0.15, -0.1) is 0 Å². The van der Waals surface area contributed by atoms with Gasteiger partial charge in [-0.3, -0.25) is 4.79 Å². The first kappa shape index (κ1) is 17.0. The van der Waals surface area contributed by atoms with Crippen LogP contribution in [0.4, 0.5) is 10.1 Å². The molecule has 23 heavy (non-hydrogen) atoms. The van der Waals surface area contributed by atoms with Crippen molar-refractivity contribution >= 4 is 33.5 Å². The van der Waals surface area contributed by atoms with Gasteiger partial charge in [-0.2, -0.15) is 0 Å². The fourth-order valence-electron chi connectivity index (χ4n) is 1.65. The molecule has 0 bridgehead atoms. The molecule has 5 nitrogen and oxygen atoms in total. The van der Waals surface area contributed by atoms with Crippen LogP contribution in [0.2, 0.25) is 0 Å². The third kappa shape index (κ3) is 6.07. The monoisotopic (exact) mass is 381 g/mol. The lowest BCUT2D eigenvalue weighted by molar-refractivity contribution is -0.149. The van der Waals surface area contributed by atoms with Crippen LogP contribution in [0.15, 0.2) is 53.0 Å². The third-order valence-electron chi connectivity index (χ3n) is 2.63. The maximum Gasteiger partial charge on any atom is 0.344 e. The van der Waals surface area contributed by atoms with Gasteiger partial charge in [0, 0.05) is 10.2 Å². The largest absolute Gasteiger partial charge is 0.482 e. The molecule has 1 N–H and O–H groups in total.